The summed E-state index contributed by atoms with van der Waals surface area (Å²) in [6.45, 7) is 0. The molecule has 0 atom stereocenters. The van der Waals surface area contributed by atoms with Gasteiger partial charge in [0.15, 0.2) is 5.82 Å². The molecule has 2 aromatic rings. The highest BCUT2D eigenvalue weighted by Gasteiger charge is 2.16. The number of hydrogen-bond acceptors (Lipinski definition) is 4. The van der Waals surface area contributed by atoms with Crippen LogP contribution in [0.15, 0.2) is 12.1 Å². The average molecular weight is 274 g/mol. The van der Waals surface area contributed by atoms with Gasteiger partial charge in [-0.25, -0.2) is 8.78 Å². The van der Waals surface area contributed by atoms with Crippen molar-refractivity contribution in [1.82, 2.24) is 15.2 Å². The van der Waals surface area contributed by atoms with Crippen LogP contribution < -0.4 is 11.1 Å². The fraction of sp³-hybridized carbons (Fsp3) is 0. The molecule has 9 heteroatoms. The predicted octanol–water partition coefficient (Wildman–Crippen LogP) is 1.57. The molecular weight excluding hydrogens is 268 g/mol. The first-order valence-corrected chi connectivity index (χ1v) is 4.99. The number of H-pyrrole nitrogens is 1. The van der Waals surface area contributed by atoms with Gasteiger partial charge < -0.3 is 11.1 Å². The Bertz CT molecular complexity index is 592. The minimum atomic E-state index is -0.999. The number of benzene rings is 1. The number of carbonyl (C=O) groups excluding carboxylic acids is 1. The normalized spacial score (nSPS) is 10.4. The molecule has 0 saturated carbocycles. The van der Waals surface area contributed by atoms with Gasteiger partial charge in [-0.05, 0) is 6.07 Å². The van der Waals surface area contributed by atoms with E-state index in [1.54, 1.807) is 0 Å². The van der Waals surface area contributed by atoms with Crippen molar-refractivity contribution in [1.29, 1.82) is 0 Å². The summed E-state index contributed by atoms with van der Waals surface area (Å²) in [7, 11) is 0. The number of nitrogens with zero attached hydrogens (tertiary/aromatic N) is 2. The van der Waals surface area contributed by atoms with E-state index in [0.717, 1.165) is 6.07 Å². The largest absolute Gasteiger partial charge is 0.366 e. The summed E-state index contributed by atoms with van der Waals surface area (Å²) in [4.78, 5) is 15.1. The number of amides is 1. The van der Waals surface area contributed by atoms with Crippen LogP contribution in [0.4, 0.5) is 20.4 Å². The van der Waals surface area contributed by atoms with Crippen molar-refractivity contribution >= 4 is 29.1 Å². The summed E-state index contributed by atoms with van der Waals surface area (Å²) in [5.74, 6) is -3.00. The highest BCUT2D eigenvalue weighted by atomic mass is 35.5. The van der Waals surface area contributed by atoms with Gasteiger partial charge in [-0.15, -0.1) is 5.10 Å². The third-order valence-corrected chi connectivity index (χ3v) is 2.26. The summed E-state index contributed by atoms with van der Waals surface area (Å²) < 4.78 is 26.2. The van der Waals surface area contributed by atoms with Crippen LogP contribution >= 0.6 is 11.6 Å². The molecule has 0 bridgehead atoms. The number of aromatic amines is 1. The Kier molecular flexibility index (Phi) is 3.11. The first kappa shape index (κ1) is 12.2. The summed E-state index contributed by atoms with van der Waals surface area (Å²) >= 11 is 5.61. The lowest BCUT2D eigenvalue weighted by Gasteiger charge is -2.06. The zero-order valence-electron chi connectivity index (χ0n) is 8.67. The maximum Gasteiger partial charge on any atom is 0.293 e. The third-order valence-electron chi connectivity index (χ3n) is 1.96. The van der Waals surface area contributed by atoms with E-state index < -0.39 is 17.5 Å². The number of anilines is 2. The molecule has 0 spiro atoms. The van der Waals surface area contributed by atoms with Crippen molar-refractivity contribution in [3.63, 3.8) is 0 Å². The quantitative estimate of drug-likeness (QED) is 0.774. The number of carbonyl (C=O) groups is 1. The number of hydrogen-bond donors (Lipinski definition) is 3. The Morgan fingerprint density at radius 1 is 1.44 bits per heavy atom. The first-order valence-electron chi connectivity index (χ1n) is 4.61. The number of nitrogen functional groups attached to an aromatic ring is 1. The molecule has 0 radical (unpaired) electrons. The smallest absolute Gasteiger partial charge is 0.293 e. The Morgan fingerprint density at radius 3 is 2.72 bits per heavy atom. The van der Waals surface area contributed by atoms with E-state index >= 15 is 0 Å². The van der Waals surface area contributed by atoms with Crippen LogP contribution in [0.3, 0.4) is 0 Å². The number of nitrogens with two attached hydrogens (primary N) is 1. The molecule has 2 rings (SSSR count). The van der Waals surface area contributed by atoms with E-state index in [1.165, 1.54) is 0 Å². The highest BCUT2D eigenvalue weighted by Crippen LogP contribution is 2.26. The van der Waals surface area contributed by atoms with Gasteiger partial charge >= 0.3 is 0 Å². The molecule has 6 nitrogen and oxygen atoms in total. The fourth-order valence-electron chi connectivity index (χ4n) is 1.21. The summed E-state index contributed by atoms with van der Waals surface area (Å²) in [6, 6.07) is 1.46. The van der Waals surface area contributed by atoms with Crippen LogP contribution in [0.1, 0.15) is 10.6 Å². The first-order chi connectivity index (χ1) is 8.47. The van der Waals surface area contributed by atoms with E-state index in [1.807, 2.05) is 0 Å². The topological polar surface area (TPSA) is 96.7 Å². The summed E-state index contributed by atoms with van der Waals surface area (Å²) in [5.41, 5.74) is 4.86. The minimum absolute atomic E-state index is 0.133. The maximum absolute atomic E-state index is 13.4. The minimum Gasteiger partial charge on any atom is -0.366 e. The number of aromatic nitrogens is 3. The second-order valence-electron chi connectivity index (χ2n) is 3.24. The van der Waals surface area contributed by atoms with Crippen LogP contribution in [-0.2, 0) is 0 Å². The van der Waals surface area contributed by atoms with Gasteiger partial charge in [-0.2, -0.15) is 4.98 Å². The molecule has 1 amide bonds. The molecule has 1 heterocycles. The van der Waals surface area contributed by atoms with Crippen molar-refractivity contribution in [2.75, 3.05) is 11.1 Å². The molecule has 18 heavy (non-hydrogen) atoms. The Morgan fingerprint density at radius 2 is 2.17 bits per heavy atom. The Hall–Kier alpha value is -2.22. The zero-order chi connectivity index (χ0) is 13.3. The van der Waals surface area contributed by atoms with Gasteiger partial charge in [-0.3, -0.25) is 9.89 Å². The standard InChI is InChI=1S/C9H6ClF2N5O/c10-4-1-3(11)2-5(12)6(4)14-8(18)7-15-9(13)17-16-7/h1-2H,(H,14,18)(H3,13,15,16,17). The second-order valence-corrected chi connectivity index (χ2v) is 3.65. The molecule has 94 valence electrons. The van der Waals surface area contributed by atoms with Crippen LogP contribution in [0.5, 0.6) is 0 Å². The average Bonchev–Trinajstić information content (AvgIpc) is 2.70. The van der Waals surface area contributed by atoms with E-state index in [2.05, 4.69) is 20.5 Å². The lowest BCUT2D eigenvalue weighted by Crippen LogP contribution is -2.15. The van der Waals surface area contributed by atoms with Gasteiger partial charge in [0.1, 0.15) is 5.82 Å². The highest BCUT2D eigenvalue weighted by molar-refractivity contribution is 6.33. The SMILES string of the molecule is Nc1n[nH]c(C(=O)Nc2c(F)cc(F)cc2Cl)n1. The molecule has 0 saturated heterocycles. The zero-order valence-corrected chi connectivity index (χ0v) is 9.42. The Balaban J connectivity index is 2.27. The van der Waals surface area contributed by atoms with Crippen molar-refractivity contribution in [3.05, 3.63) is 34.6 Å². The predicted molar refractivity (Wildman–Crippen MR) is 60.1 cm³/mol. The molecule has 0 aliphatic rings. The number of halogens is 3. The third kappa shape index (κ3) is 2.38. The Labute approximate surface area is 104 Å². The molecule has 4 N–H and O–H groups in total. The van der Waals surface area contributed by atoms with Gasteiger partial charge in [0, 0.05) is 6.07 Å². The van der Waals surface area contributed by atoms with E-state index in [9.17, 15) is 13.6 Å². The van der Waals surface area contributed by atoms with E-state index in [0.29, 0.717) is 6.07 Å². The number of rotatable bonds is 2. The molecule has 0 aliphatic heterocycles. The molecule has 1 aromatic heterocycles. The maximum atomic E-state index is 13.4. The van der Waals surface area contributed by atoms with Gasteiger partial charge in [0.05, 0.1) is 10.7 Å². The van der Waals surface area contributed by atoms with Crippen LogP contribution in [-0.4, -0.2) is 21.1 Å². The molecular formula is C9H6ClF2N5O. The number of nitrogens with one attached hydrogen (secondary N) is 2. The van der Waals surface area contributed by atoms with Crippen LogP contribution in [0.2, 0.25) is 5.02 Å². The van der Waals surface area contributed by atoms with Crippen molar-refractivity contribution in [2.24, 2.45) is 0 Å². The molecule has 0 fully saturated rings. The second kappa shape index (κ2) is 4.57. The molecule has 1 aromatic carbocycles. The monoisotopic (exact) mass is 273 g/mol. The van der Waals surface area contributed by atoms with Crippen LogP contribution in [0.25, 0.3) is 0 Å². The van der Waals surface area contributed by atoms with Crippen molar-refractivity contribution < 1.29 is 13.6 Å². The molecule has 0 unspecified atom stereocenters. The van der Waals surface area contributed by atoms with Gasteiger partial charge in [-0.1, -0.05) is 11.6 Å². The van der Waals surface area contributed by atoms with Gasteiger partial charge in [0.25, 0.3) is 5.91 Å². The molecule has 0 aliphatic carbocycles. The van der Waals surface area contributed by atoms with Crippen molar-refractivity contribution in [2.45, 2.75) is 0 Å². The lowest BCUT2D eigenvalue weighted by atomic mass is 10.3. The van der Waals surface area contributed by atoms with Gasteiger partial charge in [0.2, 0.25) is 11.8 Å². The van der Waals surface area contributed by atoms with E-state index in [-0.39, 0.29) is 22.5 Å². The van der Waals surface area contributed by atoms with E-state index in [4.69, 9.17) is 17.3 Å². The summed E-state index contributed by atoms with van der Waals surface area (Å²) in [5, 5.41) is 7.53. The lowest BCUT2D eigenvalue weighted by molar-refractivity contribution is 0.101. The summed E-state index contributed by atoms with van der Waals surface area (Å²) in [6.07, 6.45) is 0. The van der Waals surface area contributed by atoms with Crippen LogP contribution in [0, 0.1) is 11.6 Å². The van der Waals surface area contributed by atoms with Crippen molar-refractivity contribution in [3.8, 4) is 0 Å². The fourth-order valence-corrected chi connectivity index (χ4v) is 1.45.